The Morgan fingerprint density at radius 1 is 1.16 bits per heavy atom. The van der Waals surface area contributed by atoms with Gasteiger partial charge in [0, 0.05) is 5.56 Å². The van der Waals surface area contributed by atoms with Gasteiger partial charge in [-0.1, -0.05) is 24.2 Å². The molecule has 5 nitrogen and oxygen atoms in total. The topological polar surface area (TPSA) is 64.6 Å². The zero-order valence-electron chi connectivity index (χ0n) is 14.0. The van der Waals surface area contributed by atoms with Crippen molar-refractivity contribution in [3.63, 3.8) is 0 Å². The number of nitrogens with one attached hydrogen (secondary N) is 1. The Labute approximate surface area is 151 Å². The second-order valence-electron chi connectivity index (χ2n) is 5.41. The van der Waals surface area contributed by atoms with Crippen LogP contribution < -0.4 is 10.1 Å². The smallest absolute Gasteiger partial charge is 0.337 e. The molecule has 0 atom stereocenters. The largest absolute Gasteiger partial charge is 0.489 e. The lowest BCUT2D eigenvalue weighted by atomic mass is 10.1. The van der Waals surface area contributed by atoms with Crippen LogP contribution in [0.15, 0.2) is 54.6 Å². The van der Waals surface area contributed by atoms with Crippen LogP contribution in [-0.4, -0.2) is 25.6 Å². The van der Waals surface area contributed by atoms with Crippen LogP contribution in [0.2, 0.25) is 5.02 Å². The minimum atomic E-state index is -0.512. The number of halogens is 1. The molecule has 0 spiro atoms. The van der Waals surface area contributed by atoms with Gasteiger partial charge in [-0.3, -0.25) is 4.79 Å². The van der Waals surface area contributed by atoms with E-state index in [4.69, 9.17) is 16.3 Å². The fourth-order valence-electron chi connectivity index (χ4n) is 1.99. The summed E-state index contributed by atoms with van der Waals surface area (Å²) >= 11 is 6.09. The van der Waals surface area contributed by atoms with E-state index in [-0.39, 0.29) is 5.91 Å². The first-order valence-corrected chi connectivity index (χ1v) is 7.85. The number of rotatable bonds is 6. The number of hydrogen-bond acceptors (Lipinski definition) is 4. The third kappa shape index (κ3) is 5.09. The van der Waals surface area contributed by atoms with E-state index in [9.17, 15) is 9.59 Å². The first kappa shape index (κ1) is 18.5. The predicted molar refractivity (Wildman–Crippen MR) is 97.5 cm³/mol. The molecule has 6 heteroatoms. The van der Waals surface area contributed by atoms with Crippen molar-refractivity contribution in [1.82, 2.24) is 0 Å². The molecule has 1 amide bonds. The molecule has 2 rings (SSSR count). The molecule has 0 aliphatic carbocycles. The second-order valence-corrected chi connectivity index (χ2v) is 5.82. The third-order valence-electron chi connectivity index (χ3n) is 3.22. The summed E-state index contributed by atoms with van der Waals surface area (Å²) in [4.78, 5) is 24.1. The number of methoxy groups -OCH3 is 1. The van der Waals surface area contributed by atoms with Crippen LogP contribution >= 0.6 is 11.6 Å². The molecule has 25 heavy (non-hydrogen) atoms. The van der Waals surface area contributed by atoms with Crippen LogP contribution in [-0.2, 0) is 4.74 Å². The first-order chi connectivity index (χ1) is 11.9. The van der Waals surface area contributed by atoms with Crippen LogP contribution in [0.3, 0.4) is 0 Å². The van der Waals surface area contributed by atoms with Gasteiger partial charge in [0.2, 0.25) is 0 Å². The van der Waals surface area contributed by atoms with E-state index in [2.05, 4.69) is 16.6 Å². The number of esters is 1. The van der Waals surface area contributed by atoms with Crippen LogP contribution in [0.4, 0.5) is 5.69 Å². The van der Waals surface area contributed by atoms with E-state index in [0.717, 1.165) is 5.57 Å². The first-order valence-electron chi connectivity index (χ1n) is 7.47. The maximum atomic E-state index is 12.4. The summed E-state index contributed by atoms with van der Waals surface area (Å²) in [7, 11) is 1.28. The van der Waals surface area contributed by atoms with E-state index in [1.54, 1.807) is 24.3 Å². The van der Waals surface area contributed by atoms with E-state index in [1.165, 1.54) is 25.3 Å². The normalized spacial score (nSPS) is 10.0. The molecule has 0 aromatic heterocycles. The van der Waals surface area contributed by atoms with Crippen LogP contribution in [0, 0.1) is 0 Å². The van der Waals surface area contributed by atoms with E-state index in [0.29, 0.717) is 34.2 Å². The highest BCUT2D eigenvalue weighted by molar-refractivity contribution is 6.34. The quantitative estimate of drug-likeness (QED) is 0.615. The monoisotopic (exact) mass is 359 g/mol. The number of benzene rings is 2. The third-order valence-corrected chi connectivity index (χ3v) is 3.55. The average Bonchev–Trinajstić information content (AvgIpc) is 2.61. The Balaban J connectivity index is 2.18. The Bertz CT molecular complexity index is 817. The van der Waals surface area contributed by atoms with Crippen molar-refractivity contribution in [2.24, 2.45) is 0 Å². The summed E-state index contributed by atoms with van der Waals surface area (Å²) in [5.74, 6) is -0.322. The summed E-state index contributed by atoms with van der Waals surface area (Å²) in [6.45, 7) is 5.99. The Hall–Kier alpha value is -2.79. The van der Waals surface area contributed by atoms with Crippen molar-refractivity contribution in [2.45, 2.75) is 6.92 Å². The van der Waals surface area contributed by atoms with Crippen molar-refractivity contribution in [2.75, 3.05) is 19.0 Å². The number of ether oxygens (including phenoxy) is 2. The summed E-state index contributed by atoms with van der Waals surface area (Å²) in [5.41, 5.74) is 1.89. The molecular formula is C19H18ClNO4. The summed E-state index contributed by atoms with van der Waals surface area (Å²) in [6, 6.07) is 11.3. The average molecular weight is 360 g/mol. The minimum absolute atomic E-state index is 0.292. The molecule has 0 heterocycles. The summed E-state index contributed by atoms with van der Waals surface area (Å²) in [5, 5.41) is 3.00. The highest BCUT2D eigenvalue weighted by Crippen LogP contribution is 2.24. The van der Waals surface area contributed by atoms with Gasteiger partial charge in [0.25, 0.3) is 5.91 Å². The summed E-state index contributed by atoms with van der Waals surface area (Å²) in [6.07, 6.45) is 0. The van der Waals surface area contributed by atoms with Gasteiger partial charge in [-0.15, -0.1) is 0 Å². The maximum Gasteiger partial charge on any atom is 0.337 e. The molecule has 0 radical (unpaired) electrons. The molecule has 0 unspecified atom stereocenters. The lowest BCUT2D eigenvalue weighted by Crippen LogP contribution is -2.13. The van der Waals surface area contributed by atoms with Crippen molar-refractivity contribution in [3.05, 3.63) is 70.8 Å². The lowest BCUT2D eigenvalue weighted by Gasteiger charge is -2.10. The number of hydrogen-bond donors (Lipinski definition) is 1. The standard InChI is InChI=1S/C19H18ClNO4/c1-12(2)11-25-15-6-4-5-13(9-15)18(22)21-17-10-14(19(23)24-3)7-8-16(17)20/h4-10H,1,11H2,2-3H3,(H,21,22). The molecule has 2 aromatic rings. The highest BCUT2D eigenvalue weighted by atomic mass is 35.5. The molecular weight excluding hydrogens is 342 g/mol. The number of carbonyl (C=O) groups is 2. The van der Waals surface area contributed by atoms with E-state index in [1.807, 2.05) is 6.92 Å². The van der Waals surface area contributed by atoms with Crippen molar-refractivity contribution in [1.29, 1.82) is 0 Å². The molecule has 0 saturated carbocycles. The molecule has 0 bridgehead atoms. The Kier molecular flexibility index (Phi) is 6.19. The number of anilines is 1. The zero-order chi connectivity index (χ0) is 18.4. The van der Waals surface area contributed by atoms with E-state index < -0.39 is 5.97 Å². The van der Waals surface area contributed by atoms with Gasteiger partial charge in [0.1, 0.15) is 12.4 Å². The van der Waals surface area contributed by atoms with Crippen LogP contribution in [0.25, 0.3) is 0 Å². The molecule has 130 valence electrons. The van der Waals surface area contributed by atoms with Crippen LogP contribution in [0.1, 0.15) is 27.6 Å². The Morgan fingerprint density at radius 3 is 2.60 bits per heavy atom. The fourth-order valence-corrected chi connectivity index (χ4v) is 2.16. The maximum absolute atomic E-state index is 12.4. The van der Waals surface area contributed by atoms with E-state index >= 15 is 0 Å². The van der Waals surface area contributed by atoms with Gasteiger partial charge < -0.3 is 14.8 Å². The predicted octanol–water partition coefficient (Wildman–Crippen LogP) is 4.33. The molecule has 2 aromatic carbocycles. The van der Waals surface area contributed by atoms with Gasteiger partial charge in [-0.05, 0) is 48.9 Å². The fraction of sp³-hybridized carbons (Fsp3) is 0.158. The molecule has 0 aliphatic rings. The zero-order valence-corrected chi connectivity index (χ0v) is 14.7. The van der Waals surface area contributed by atoms with Gasteiger partial charge in [-0.25, -0.2) is 4.79 Å². The molecule has 0 aliphatic heterocycles. The molecule has 0 fully saturated rings. The number of amides is 1. The molecule has 1 N–H and O–H groups in total. The Morgan fingerprint density at radius 2 is 1.92 bits per heavy atom. The van der Waals surface area contributed by atoms with Crippen molar-refractivity contribution >= 4 is 29.2 Å². The second kappa shape index (κ2) is 8.35. The van der Waals surface area contributed by atoms with Gasteiger partial charge in [0.15, 0.2) is 0 Å². The van der Waals surface area contributed by atoms with Gasteiger partial charge in [0.05, 0.1) is 23.4 Å². The minimum Gasteiger partial charge on any atom is -0.489 e. The highest BCUT2D eigenvalue weighted by Gasteiger charge is 2.13. The van der Waals surface area contributed by atoms with Gasteiger partial charge in [-0.2, -0.15) is 0 Å². The SMILES string of the molecule is C=C(C)COc1cccc(C(=O)Nc2cc(C(=O)OC)ccc2Cl)c1. The van der Waals surface area contributed by atoms with Crippen molar-refractivity contribution < 1.29 is 19.1 Å². The van der Waals surface area contributed by atoms with Crippen molar-refractivity contribution in [3.8, 4) is 5.75 Å². The lowest BCUT2D eigenvalue weighted by molar-refractivity contribution is 0.0600. The van der Waals surface area contributed by atoms with Crippen LogP contribution in [0.5, 0.6) is 5.75 Å². The van der Waals surface area contributed by atoms with Gasteiger partial charge >= 0.3 is 5.97 Å². The number of carbonyl (C=O) groups excluding carboxylic acids is 2. The molecule has 0 saturated heterocycles. The summed E-state index contributed by atoms with van der Waals surface area (Å²) < 4.78 is 10.2.